The first-order valence-electron chi connectivity index (χ1n) is 19.4. The van der Waals surface area contributed by atoms with Gasteiger partial charge in [-0.1, -0.05) is 0 Å². The fraction of sp³-hybridized carbons (Fsp3) is 0.737. The summed E-state index contributed by atoms with van der Waals surface area (Å²) in [5.74, 6) is 5.83. The molecule has 6 aliphatic heterocycles. The number of hydrogen-bond donors (Lipinski definition) is 0. The Morgan fingerprint density at radius 1 is 0.633 bits per heavy atom. The van der Waals surface area contributed by atoms with E-state index in [0.29, 0.717) is 60.4 Å². The normalized spacial score (nSPS) is 33.6. The van der Waals surface area contributed by atoms with E-state index in [-0.39, 0.29) is 11.9 Å². The second-order valence-electron chi connectivity index (χ2n) is 16.8. The summed E-state index contributed by atoms with van der Waals surface area (Å²) < 4.78 is 5.52. The van der Waals surface area contributed by atoms with Gasteiger partial charge in [0.25, 0.3) is 0 Å². The van der Waals surface area contributed by atoms with Crippen molar-refractivity contribution in [1.82, 2.24) is 19.9 Å². The molecule has 2 unspecified atom stereocenters. The van der Waals surface area contributed by atoms with E-state index < -0.39 is 0 Å². The molecule has 0 N–H and O–H groups in total. The Bertz CT molecular complexity index is 1550. The summed E-state index contributed by atoms with van der Waals surface area (Å²) in [7, 11) is 0. The third kappa shape index (κ3) is 5.02. The molecule has 49 heavy (non-hydrogen) atoms. The maximum Gasteiger partial charge on any atom is 0.313 e. The number of fused-ring (bicyclic) bond motifs is 6. The zero-order valence-electron chi connectivity index (χ0n) is 29.1. The molecule has 260 valence electrons. The molecule has 0 aromatic carbocycles. The number of anilines is 4. The summed E-state index contributed by atoms with van der Waals surface area (Å²) in [4.78, 5) is 56.0. The highest BCUT2D eigenvalue weighted by molar-refractivity contribution is 5.86. The van der Waals surface area contributed by atoms with Crippen LogP contribution in [0.1, 0.15) is 87.7 Å². The molecule has 0 spiro atoms. The molecule has 0 amide bonds. The molecule has 8 heterocycles. The average Bonchev–Trinajstić information content (AvgIpc) is 3.77. The molecule has 12 rings (SSSR count). The summed E-state index contributed by atoms with van der Waals surface area (Å²) in [6, 6.07) is 1.02. The second-order valence-corrected chi connectivity index (χ2v) is 16.8. The minimum absolute atomic E-state index is 0.302. The van der Waals surface area contributed by atoms with Crippen LogP contribution in [0.3, 0.4) is 0 Å². The first-order chi connectivity index (χ1) is 23.9. The molecule has 11 heteroatoms. The van der Waals surface area contributed by atoms with Crippen molar-refractivity contribution in [3.63, 3.8) is 0 Å². The molecule has 6 saturated heterocycles. The van der Waals surface area contributed by atoms with Gasteiger partial charge in [0.15, 0.2) is 0 Å². The maximum absolute atomic E-state index is 13.1. The minimum atomic E-state index is -0.328. The Morgan fingerprint density at radius 2 is 1.06 bits per heavy atom. The van der Waals surface area contributed by atoms with Crippen molar-refractivity contribution >= 4 is 35.5 Å². The number of carbonyl (C=O) groups is 2. The molecule has 0 radical (unpaired) electrons. The zero-order valence-corrected chi connectivity index (χ0v) is 29.1. The van der Waals surface area contributed by atoms with Gasteiger partial charge in [-0.05, 0) is 114 Å². The molecule has 4 aliphatic carbocycles. The number of rotatable bonds is 8. The lowest BCUT2D eigenvalue weighted by atomic mass is 9.60. The summed E-state index contributed by atoms with van der Waals surface area (Å²) >= 11 is 0. The Labute approximate surface area is 289 Å². The van der Waals surface area contributed by atoms with Crippen LogP contribution in [0, 0.1) is 35.5 Å². The lowest BCUT2D eigenvalue weighted by Crippen LogP contribution is -2.57. The van der Waals surface area contributed by atoms with E-state index in [1.807, 2.05) is 0 Å². The van der Waals surface area contributed by atoms with Gasteiger partial charge in [0.2, 0.25) is 11.9 Å². The van der Waals surface area contributed by atoms with Gasteiger partial charge in [-0.15, -0.1) is 0 Å². The van der Waals surface area contributed by atoms with Crippen LogP contribution in [0.5, 0.6) is 0 Å². The van der Waals surface area contributed by atoms with Crippen LogP contribution in [0.2, 0.25) is 0 Å². The summed E-state index contributed by atoms with van der Waals surface area (Å²) in [6.45, 7) is 10.3. The molecule has 8 atom stereocenters. The lowest BCUT2D eigenvalue weighted by Gasteiger charge is -2.54. The standard InChI is InChI=1S/C38H50N8O3/c1-21-9-11-45(21)37-39-31-7-3-5-27(31)35(41-37)43-17-23-13-24(18-43)29(23)15-33(47)49-34(48)16-30-25-14-26(30)20-44(19-25)36-28-6-4-8-32(28)40-38(42-36)46-12-10-22(46)2/h21-26,29-30H,3-20H2,1-2H3/t21-,22-,23-,24+,25-,26+,29?,30?/m0/s1. The maximum atomic E-state index is 13.1. The van der Waals surface area contributed by atoms with Gasteiger partial charge in [0.1, 0.15) is 11.6 Å². The van der Waals surface area contributed by atoms with E-state index in [9.17, 15) is 9.59 Å². The number of nitrogens with zero attached hydrogens (tertiary/aromatic N) is 8. The summed E-state index contributed by atoms with van der Waals surface area (Å²) in [5, 5.41) is 0. The van der Waals surface area contributed by atoms with E-state index in [0.717, 1.165) is 114 Å². The number of carbonyl (C=O) groups excluding carboxylic acids is 2. The summed E-state index contributed by atoms with van der Waals surface area (Å²) in [5.41, 5.74) is 5.17. The van der Waals surface area contributed by atoms with Crippen molar-refractivity contribution < 1.29 is 14.3 Å². The van der Waals surface area contributed by atoms with Gasteiger partial charge >= 0.3 is 11.9 Å². The van der Waals surface area contributed by atoms with Crippen molar-refractivity contribution in [2.75, 3.05) is 58.9 Å². The van der Waals surface area contributed by atoms with E-state index in [4.69, 9.17) is 24.7 Å². The van der Waals surface area contributed by atoms with Crippen LogP contribution in [-0.2, 0) is 40.0 Å². The molecule has 8 fully saturated rings. The molecule has 2 saturated carbocycles. The fourth-order valence-electron chi connectivity index (χ4n) is 10.8. The quantitative estimate of drug-likeness (QED) is 0.300. The van der Waals surface area contributed by atoms with Gasteiger partial charge in [-0.3, -0.25) is 9.59 Å². The first-order valence-corrected chi connectivity index (χ1v) is 19.4. The van der Waals surface area contributed by atoms with Gasteiger partial charge in [-0.25, -0.2) is 9.97 Å². The number of esters is 2. The van der Waals surface area contributed by atoms with Gasteiger partial charge in [0, 0.05) is 75.3 Å². The van der Waals surface area contributed by atoms with Crippen LogP contribution in [0.15, 0.2) is 0 Å². The van der Waals surface area contributed by atoms with Crippen LogP contribution in [0.4, 0.5) is 23.5 Å². The SMILES string of the molecule is C[C@H]1CCN1c1nc2c(c(N3C[C@H]4C[C@@H](C3)C4CC(=O)OC(=O)CC3[C@@H]4C[C@H]3CN(c3nc(N5CC[C@@H]5C)nc5c3CCC5)C4)n1)CCC2. The van der Waals surface area contributed by atoms with E-state index in [1.54, 1.807) is 0 Å². The minimum Gasteiger partial charge on any atom is -0.393 e. The third-order valence-corrected chi connectivity index (χ3v) is 14.0. The van der Waals surface area contributed by atoms with Crippen molar-refractivity contribution in [2.45, 2.75) is 103 Å². The van der Waals surface area contributed by atoms with Crippen molar-refractivity contribution in [1.29, 1.82) is 0 Å². The lowest BCUT2D eigenvalue weighted by molar-refractivity contribution is -0.164. The van der Waals surface area contributed by atoms with Crippen molar-refractivity contribution in [3.8, 4) is 0 Å². The second kappa shape index (κ2) is 11.5. The molecule has 2 aromatic heterocycles. The monoisotopic (exact) mass is 666 g/mol. The van der Waals surface area contributed by atoms with Gasteiger partial charge in [-0.2, -0.15) is 9.97 Å². The molecule has 11 nitrogen and oxygen atoms in total. The third-order valence-electron chi connectivity index (χ3n) is 14.0. The Morgan fingerprint density at radius 3 is 1.43 bits per heavy atom. The van der Waals surface area contributed by atoms with Gasteiger partial charge in [0.05, 0.1) is 11.4 Å². The predicted molar refractivity (Wildman–Crippen MR) is 186 cm³/mol. The Kier molecular flexibility index (Phi) is 7.13. The number of piperidine rings is 4. The largest absolute Gasteiger partial charge is 0.393 e. The zero-order chi connectivity index (χ0) is 33.0. The smallest absolute Gasteiger partial charge is 0.313 e. The highest BCUT2D eigenvalue weighted by atomic mass is 16.6. The number of hydrogen-bond acceptors (Lipinski definition) is 11. The number of aryl methyl sites for hydroxylation is 2. The van der Waals surface area contributed by atoms with Crippen LogP contribution < -0.4 is 19.6 Å². The van der Waals surface area contributed by atoms with Gasteiger partial charge < -0.3 is 24.3 Å². The molecule has 10 aliphatic rings. The first kappa shape index (κ1) is 30.3. The number of aromatic nitrogens is 4. The van der Waals surface area contributed by atoms with Crippen molar-refractivity contribution in [3.05, 3.63) is 22.5 Å². The highest BCUT2D eigenvalue weighted by Gasteiger charge is 2.50. The Balaban J connectivity index is 0.735. The van der Waals surface area contributed by atoms with E-state index in [1.165, 1.54) is 35.4 Å². The van der Waals surface area contributed by atoms with Crippen LogP contribution >= 0.6 is 0 Å². The van der Waals surface area contributed by atoms with Crippen molar-refractivity contribution in [2.24, 2.45) is 35.5 Å². The van der Waals surface area contributed by atoms with Crippen LogP contribution in [0.25, 0.3) is 0 Å². The molecular weight excluding hydrogens is 616 g/mol. The molecule has 4 bridgehead atoms. The Hall–Kier alpha value is -3.50. The average molecular weight is 667 g/mol. The number of ether oxygens (including phenoxy) is 1. The molecule has 2 aromatic rings. The van der Waals surface area contributed by atoms with Crippen LogP contribution in [-0.4, -0.2) is 83.2 Å². The van der Waals surface area contributed by atoms with E-state index in [2.05, 4.69) is 33.4 Å². The topological polar surface area (TPSA) is 108 Å². The predicted octanol–water partition coefficient (Wildman–Crippen LogP) is 4.14. The van der Waals surface area contributed by atoms with E-state index >= 15 is 0 Å². The molecular formula is C38H50N8O3. The summed E-state index contributed by atoms with van der Waals surface area (Å²) in [6.07, 6.45) is 12.0. The highest BCUT2D eigenvalue weighted by Crippen LogP contribution is 2.51. The fourth-order valence-corrected chi connectivity index (χ4v) is 10.8.